The molecule has 37 heavy (non-hydrogen) atoms. The number of piperidine rings is 2. The second kappa shape index (κ2) is 9.10. The lowest BCUT2D eigenvalue weighted by Gasteiger charge is -2.46. The van der Waals surface area contributed by atoms with Gasteiger partial charge >= 0.3 is 0 Å². The van der Waals surface area contributed by atoms with Crippen LogP contribution in [-0.2, 0) is 6.54 Å². The number of benzene rings is 2. The average molecular weight is 488 g/mol. The number of pyridine rings is 2. The van der Waals surface area contributed by atoms with Crippen LogP contribution in [0.5, 0.6) is 0 Å². The predicted octanol–water partition coefficient (Wildman–Crippen LogP) is 4.67. The van der Waals surface area contributed by atoms with Crippen molar-refractivity contribution in [2.75, 3.05) is 18.8 Å². The largest absolute Gasteiger partial charge is 0.383 e. The number of nitrogens with zero attached hydrogens (tertiary/aromatic N) is 5. The van der Waals surface area contributed by atoms with E-state index in [9.17, 15) is 0 Å². The van der Waals surface area contributed by atoms with E-state index >= 15 is 0 Å². The maximum atomic E-state index is 6.30. The number of hydrogen-bond acceptors (Lipinski definition) is 6. The van der Waals surface area contributed by atoms with Crippen LogP contribution < -0.4 is 11.1 Å². The van der Waals surface area contributed by atoms with E-state index in [1.165, 1.54) is 18.4 Å². The number of nitrogens with two attached hydrogens (primary N) is 1. The van der Waals surface area contributed by atoms with Crippen LogP contribution in [0.4, 0.5) is 5.82 Å². The molecule has 2 unspecified atom stereocenters. The van der Waals surface area contributed by atoms with E-state index in [1.54, 1.807) is 6.20 Å². The third-order valence-electron chi connectivity index (χ3n) is 7.70. The molecule has 5 aromatic rings. The number of hydrogen-bond donors (Lipinski definition) is 2. The highest BCUT2D eigenvalue weighted by Gasteiger charge is 2.33. The molecular formula is C30H29N7. The highest BCUT2D eigenvalue weighted by atomic mass is 15.2. The van der Waals surface area contributed by atoms with Crippen molar-refractivity contribution in [3.8, 4) is 28.3 Å². The van der Waals surface area contributed by atoms with Crippen LogP contribution >= 0.6 is 0 Å². The summed E-state index contributed by atoms with van der Waals surface area (Å²) in [6.07, 6.45) is 4.29. The molecule has 2 atom stereocenters. The first-order valence-electron chi connectivity index (χ1n) is 13.0. The number of piperazine rings is 1. The molecule has 6 heterocycles. The fourth-order valence-electron chi connectivity index (χ4n) is 5.74. The first-order valence-corrected chi connectivity index (χ1v) is 13.0. The van der Waals surface area contributed by atoms with Crippen LogP contribution in [-0.4, -0.2) is 49.6 Å². The van der Waals surface area contributed by atoms with Crippen molar-refractivity contribution in [1.82, 2.24) is 29.7 Å². The highest BCUT2D eigenvalue weighted by molar-refractivity contribution is 5.84. The van der Waals surface area contributed by atoms with Crippen molar-refractivity contribution < 1.29 is 0 Å². The Hall–Kier alpha value is -4.07. The Bertz CT molecular complexity index is 1550. The zero-order valence-corrected chi connectivity index (χ0v) is 20.6. The van der Waals surface area contributed by atoms with Crippen LogP contribution in [0.2, 0.25) is 0 Å². The van der Waals surface area contributed by atoms with Gasteiger partial charge in [-0.15, -0.1) is 0 Å². The van der Waals surface area contributed by atoms with E-state index in [2.05, 4.69) is 56.2 Å². The molecule has 3 aromatic heterocycles. The van der Waals surface area contributed by atoms with Crippen LogP contribution in [0.1, 0.15) is 18.4 Å². The lowest BCUT2D eigenvalue weighted by Crippen LogP contribution is -2.60. The number of rotatable bonds is 5. The SMILES string of the molecule is Nc1ncccc1-c1nc2ccc(-c3ccccc3)nc2n1-c1ccc(CN2CC3CCC2CN3)cc1. The minimum Gasteiger partial charge on any atom is -0.383 e. The molecule has 8 rings (SSSR count). The maximum absolute atomic E-state index is 6.30. The molecular weight excluding hydrogens is 458 g/mol. The fraction of sp³-hybridized carbons (Fsp3) is 0.233. The molecule has 3 fully saturated rings. The number of imidazole rings is 1. The zero-order chi connectivity index (χ0) is 24.8. The molecule has 7 nitrogen and oxygen atoms in total. The molecule has 3 N–H and O–H groups in total. The summed E-state index contributed by atoms with van der Waals surface area (Å²) in [6, 6.07) is 28.2. The average Bonchev–Trinajstić information content (AvgIpc) is 3.33. The number of aromatic nitrogens is 4. The Labute approximate surface area is 216 Å². The number of anilines is 1. The van der Waals surface area contributed by atoms with Gasteiger partial charge in [-0.25, -0.2) is 15.0 Å². The first-order chi connectivity index (χ1) is 18.2. The Morgan fingerprint density at radius 2 is 1.76 bits per heavy atom. The van der Waals surface area contributed by atoms with E-state index in [0.29, 0.717) is 17.9 Å². The van der Waals surface area contributed by atoms with E-state index in [1.807, 2.05) is 42.5 Å². The van der Waals surface area contributed by atoms with E-state index in [4.69, 9.17) is 15.7 Å². The molecule has 0 aliphatic carbocycles. The minimum absolute atomic E-state index is 0.452. The fourth-order valence-corrected chi connectivity index (χ4v) is 5.74. The summed E-state index contributed by atoms with van der Waals surface area (Å²) in [6.45, 7) is 3.22. The first kappa shape index (κ1) is 22.2. The van der Waals surface area contributed by atoms with Gasteiger partial charge in [0.25, 0.3) is 0 Å². The van der Waals surface area contributed by atoms with Crippen molar-refractivity contribution in [2.24, 2.45) is 0 Å². The Morgan fingerprint density at radius 1 is 0.892 bits per heavy atom. The summed E-state index contributed by atoms with van der Waals surface area (Å²) < 4.78 is 2.10. The number of nitrogens with one attached hydrogen (secondary N) is 1. The predicted molar refractivity (Wildman–Crippen MR) is 147 cm³/mol. The van der Waals surface area contributed by atoms with Gasteiger partial charge in [0.1, 0.15) is 11.3 Å². The third kappa shape index (κ3) is 4.06. The van der Waals surface area contributed by atoms with Gasteiger partial charge in [-0.3, -0.25) is 9.47 Å². The molecule has 0 saturated carbocycles. The van der Waals surface area contributed by atoms with Crippen molar-refractivity contribution in [3.05, 3.63) is 90.6 Å². The maximum Gasteiger partial charge on any atom is 0.165 e. The summed E-state index contributed by atoms with van der Waals surface area (Å²) in [5.41, 5.74) is 13.0. The molecule has 0 amide bonds. The summed E-state index contributed by atoms with van der Waals surface area (Å²) in [7, 11) is 0. The standard InChI is InChI=1S/C30H29N7/c31-28-25(7-4-16-32-28)29-35-27-15-14-26(21-5-2-1-3-6-21)34-30(27)37(29)23-11-8-20(9-12-23)18-36-19-22-10-13-24(36)17-33-22/h1-9,11-12,14-16,22,24,33H,10,13,17-19H2,(H2,31,32). The second-order valence-corrected chi connectivity index (χ2v) is 10.0. The van der Waals surface area contributed by atoms with E-state index in [0.717, 1.165) is 59.1 Å². The Balaban J connectivity index is 1.31. The van der Waals surface area contributed by atoms with E-state index in [-0.39, 0.29) is 0 Å². The van der Waals surface area contributed by atoms with Gasteiger partial charge in [0, 0.05) is 49.2 Å². The molecule has 184 valence electrons. The minimum atomic E-state index is 0.452. The van der Waals surface area contributed by atoms with Crippen LogP contribution in [0.25, 0.3) is 39.5 Å². The van der Waals surface area contributed by atoms with Gasteiger partial charge in [0.05, 0.1) is 11.3 Å². The highest BCUT2D eigenvalue weighted by Crippen LogP contribution is 2.32. The Morgan fingerprint density at radius 3 is 2.49 bits per heavy atom. The van der Waals surface area contributed by atoms with Gasteiger partial charge in [0.15, 0.2) is 11.5 Å². The van der Waals surface area contributed by atoms with Crippen LogP contribution in [0.3, 0.4) is 0 Å². The summed E-state index contributed by atoms with van der Waals surface area (Å²) >= 11 is 0. The van der Waals surface area contributed by atoms with Gasteiger partial charge < -0.3 is 11.1 Å². The third-order valence-corrected chi connectivity index (χ3v) is 7.70. The monoisotopic (exact) mass is 487 g/mol. The molecule has 2 aromatic carbocycles. The smallest absolute Gasteiger partial charge is 0.165 e. The summed E-state index contributed by atoms with van der Waals surface area (Å²) in [4.78, 5) is 17.0. The molecule has 0 radical (unpaired) electrons. The van der Waals surface area contributed by atoms with Crippen molar-refractivity contribution in [2.45, 2.75) is 31.5 Å². The summed E-state index contributed by atoms with van der Waals surface area (Å²) in [5.74, 6) is 1.19. The molecule has 3 aliphatic rings. The van der Waals surface area contributed by atoms with Crippen molar-refractivity contribution in [1.29, 1.82) is 0 Å². The normalized spacial score (nSPS) is 19.5. The molecule has 7 heteroatoms. The molecule has 2 bridgehead atoms. The quantitative estimate of drug-likeness (QED) is 0.375. The molecule has 3 aliphatic heterocycles. The molecule has 0 spiro atoms. The zero-order valence-electron chi connectivity index (χ0n) is 20.6. The van der Waals surface area contributed by atoms with Crippen LogP contribution in [0.15, 0.2) is 85.1 Å². The Kier molecular flexibility index (Phi) is 5.45. The van der Waals surface area contributed by atoms with E-state index < -0.39 is 0 Å². The van der Waals surface area contributed by atoms with Crippen LogP contribution in [0, 0.1) is 0 Å². The van der Waals surface area contributed by atoms with Gasteiger partial charge in [-0.05, 0) is 54.8 Å². The van der Waals surface area contributed by atoms with Crippen molar-refractivity contribution in [3.63, 3.8) is 0 Å². The lowest BCUT2D eigenvalue weighted by molar-refractivity contribution is 0.0685. The number of fused-ring (bicyclic) bond motifs is 4. The second-order valence-electron chi connectivity index (χ2n) is 10.0. The lowest BCUT2D eigenvalue weighted by atomic mass is 9.92. The molecule has 3 saturated heterocycles. The van der Waals surface area contributed by atoms with Gasteiger partial charge in [0.2, 0.25) is 0 Å². The van der Waals surface area contributed by atoms with Gasteiger partial charge in [-0.2, -0.15) is 0 Å². The summed E-state index contributed by atoms with van der Waals surface area (Å²) in [5, 5.41) is 3.65. The van der Waals surface area contributed by atoms with Crippen molar-refractivity contribution >= 4 is 17.0 Å². The topological polar surface area (TPSA) is 84.9 Å². The van der Waals surface area contributed by atoms with Gasteiger partial charge in [-0.1, -0.05) is 42.5 Å². The number of nitrogen functional groups attached to an aromatic ring is 1.